The van der Waals surface area contributed by atoms with Gasteiger partial charge in [0.2, 0.25) is 10.0 Å². The zero-order valence-corrected chi connectivity index (χ0v) is 20.1. The predicted octanol–water partition coefficient (Wildman–Crippen LogP) is 4.06. The average Bonchev–Trinajstić information content (AvgIpc) is 3.13. The molecule has 2 aromatic rings. The molecule has 35 heavy (non-hydrogen) atoms. The summed E-state index contributed by atoms with van der Waals surface area (Å²) in [4.78, 5) is 13.3. The number of nitrogens with zero attached hydrogens (tertiary/aromatic N) is 2. The van der Waals surface area contributed by atoms with Crippen LogP contribution in [-0.4, -0.2) is 55.3 Å². The first-order valence-corrected chi connectivity index (χ1v) is 12.8. The maximum absolute atomic E-state index is 13.8. The number of hydrogen-bond donors (Lipinski definition) is 1. The molecule has 1 heterocycles. The number of piperazine rings is 1. The van der Waals surface area contributed by atoms with E-state index in [9.17, 15) is 26.4 Å². The largest absolute Gasteiger partial charge is 0.573 e. The second-order valence-corrected chi connectivity index (χ2v) is 11.1. The lowest BCUT2D eigenvalue weighted by Gasteiger charge is -2.44. The number of carbonyl (C=O) groups is 1. The number of carboxylic acids is 1. The number of anilines is 1. The molecular weight excluding hydrogens is 485 g/mol. The molecular formula is C24H27F3N2O5S. The van der Waals surface area contributed by atoms with Crippen LogP contribution in [0.25, 0.3) is 0 Å². The lowest BCUT2D eigenvalue weighted by molar-refractivity contribution is -0.274. The molecule has 190 valence electrons. The van der Waals surface area contributed by atoms with E-state index in [1.807, 2.05) is 11.0 Å². The summed E-state index contributed by atoms with van der Waals surface area (Å²) in [5.74, 6) is -1.35. The van der Waals surface area contributed by atoms with E-state index in [0.29, 0.717) is 37.2 Å². The van der Waals surface area contributed by atoms with E-state index in [0.717, 1.165) is 5.56 Å². The Morgan fingerprint density at radius 1 is 1.06 bits per heavy atom. The molecule has 2 aromatic carbocycles. The number of alkyl halides is 3. The van der Waals surface area contributed by atoms with Gasteiger partial charge in [0.05, 0.1) is 4.90 Å². The zero-order valence-electron chi connectivity index (χ0n) is 19.3. The van der Waals surface area contributed by atoms with Gasteiger partial charge in [0.1, 0.15) is 5.75 Å². The van der Waals surface area contributed by atoms with Gasteiger partial charge in [0, 0.05) is 37.3 Å². The van der Waals surface area contributed by atoms with Crippen LogP contribution in [0.2, 0.25) is 0 Å². The first-order chi connectivity index (χ1) is 16.3. The first kappa shape index (κ1) is 25.3. The zero-order chi connectivity index (χ0) is 25.5. The number of ether oxygens (including phenoxy) is 1. The minimum absolute atomic E-state index is 0.00749. The van der Waals surface area contributed by atoms with E-state index < -0.39 is 34.4 Å². The molecule has 1 saturated heterocycles. The second-order valence-electron chi connectivity index (χ2n) is 9.25. The van der Waals surface area contributed by atoms with Crippen LogP contribution >= 0.6 is 0 Å². The molecule has 1 aliphatic carbocycles. The van der Waals surface area contributed by atoms with Gasteiger partial charge < -0.3 is 14.7 Å². The van der Waals surface area contributed by atoms with Crippen LogP contribution in [0.3, 0.4) is 0 Å². The Balaban J connectivity index is 1.53. The molecule has 0 radical (unpaired) electrons. The molecule has 7 nitrogen and oxygen atoms in total. The van der Waals surface area contributed by atoms with Crippen LogP contribution in [0.1, 0.15) is 31.4 Å². The molecule has 4 rings (SSSR count). The van der Waals surface area contributed by atoms with Gasteiger partial charge in [-0.1, -0.05) is 12.1 Å². The Labute approximate surface area is 202 Å². The third-order valence-electron chi connectivity index (χ3n) is 6.52. The Bertz CT molecular complexity index is 1190. The number of rotatable bonds is 6. The summed E-state index contributed by atoms with van der Waals surface area (Å²) in [7, 11) is -3.86. The summed E-state index contributed by atoms with van der Waals surface area (Å²) in [5, 5.41) is 9.15. The Morgan fingerprint density at radius 3 is 2.26 bits per heavy atom. The van der Waals surface area contributed by atoms with E-state index in [-0.39, 0.29) is 23.0 Å². The molecule has 11 heteroatoms. The molecule has 0 bridgehead atoms. The molecule has 0 saturated carbocycles. The van der Waals surface area contributed by atoms with Crippen LogP contribution in [0.4, 0.5) is 18.9 Å². The lowest BCUT2D eigenvalue weighted by atomic mass is 10.0. The van der Waals surface area contributed by atoms with Gasteiger partial charge in [-0.15, -0.1) is 13.2 Å². The van der Waals surface area contributed by atoms with E-state index in [4.69, 9.17) is 5.11 Å². The monoisotopic (exact) mass is 512 g/mol. The van der Waals surface area contributed by atoms with Crippen LogP contribution in [0.15, 0.2) is 47.4 Å². The fourth-order valence-corrected chi connectivity index (χ4v) is 7.39. The van der Waals surface area contributed by atoms with E-state index in [2.05, 4.69) is 4.74 Å². The highest BCUT2D eigenvalue weighted by Gasteiger charge is 2.41. The normalized spacial score (nSPS) is 23.2. The predicted molar refractivity (Wildman–Crippen MR) is 123 cm³/mol. The number of aliphatic carboxylic acids is 1. The van der Waals surface area contributed by atoms with Crippen molar-refractivity contribution in [1.82, 2.24) is 4.31 Å². The van der Waals surface area contributed by atoms with Gasteiger partial charge >= 0.3 is 12.3 Å². The van der Waals surface area contributed by atoms with Crippen molar-refractivity contribution in [3.8, 4) is 5.75 Å². The molecule has 1 fully saturated rings. The number of carboxylic acid groups (broad SMARTS) is 1. The van der Waals surface area contributed by atoms with Crippen molar-refractivity contribution >= 4 is 21.7 Å². The van der Waals surface area contributed by atoms with Crippen molar-refractivity contribution in [1.29, 1.82) is 0 Å². The van der Waals surface area contributed by atoms with Gasteiger partial charge in [-0.05, 0) is 74.1 Å². The van der Waals surface area contributed by atoms with Gasteiger partial charge in [-0.2, -0.15) is 4.31 Å². The number of fused-ring (bicyclic) bond motifs is 1. The Hall–Kier alpha value is -2.79. The minimum Gasteiger partial charge on any atom is -0.481 e. The van der Waals surface area contributed by atoms with E-state index >= 15 is 0 Å². The van der Waals surface area contributed by atoms with Crippen LogP contribution in [-0.2, 0) is 27.7 Å². The van der Waals surface area contributed by atoms with Gasteiger partial charge in [0.15, 0.2) is 0 Å². The highest BCUT2D eigenvalue weighted by Crippen LogP contribution is 2.37. The topological polar surface area (TPSA) is 87.2 Å². The quantitative estimate of drug-likeness (QED) is 0.628. The molecule has 0 spiro atoms. The third-order valence-corrected chi connectivity index (χ3v) is 8.74. The van der Waals surface area contributed by atoms with Gasteiger partial charge in [-0.3, -0.25) is 4.79 Å². The maximum atomic E-state index is 13.8. The molecule has 0 amide bonds. The van der Waals surface area contributed by atoms with E-state index in [1.54, 1.807) is 26.0 Å². The van der Waals surface area contributed by atoms with Crippen LogP contribution in [0.5, 0.6) is 5.75 Å². The fourth-order valence-electron chi connectivity index (χ4n) is 5.30. The highest BCUT2D eigenvalue weighted by atomic mass is 32.2. The van der Waals surface area contributed by atoms with Crippen molar-refractivity contribution in [2.45, 2.75) is 56.5 Å². The second kappa shape index (κ2) is 9.34. The first-order valence-electron chi connectivity index (χ1n) is 11.3. The fraction of sp³-hybridized carbons (Fsp3) is 0.458. The highest BCUT2D eigenvalue weighted by molar-refractivity contribution is 7.89. The van der Waals surface area contributed by atoms with Crippen LogP contribution < -0.4 is 9.64 Å². The van der Waals surface area contributed by atoms with Gasteiger partial charge in [0.25, 0.3) is 0 Å². The molecule has 2 aliphatic rings. The Morgan fingerprint density at radius 2 is 1.69 bits per heavy atom. The summed E-state index contributed by atoms with van der Waals surface area (Å²) in [5.41, 5.74) is 2.24. The number of halogens is 3. The van der Waals surface area contributed by atoms with E-state index in [1.165, 1.54) is 28.6 Å². The molecule has 1 N–H and O–H groups in total. The smallest absolute Gasteiger partial charge is 0.481 e. The van der Waals surface area contributed by atoms with Crippen LogP contribution in [0, 0.1) is 5.92 Å². The van der Waals surface area contributed by atoms with Crippen molar-refractivity contribution in [3.63, 3.8) is 0 Å². The Kier molecular flexibility index (Phi) is 6.76. The minimum atomic E-state index is -4.77. The standard InChI is InChI=1S/C24H27F3N2O5S/c1-15-13-28(19-6-8-20(9-7-19)34-24(25,26)27)14-16(2)29(15)35(32,33)22-5-3-4-18-10-17(11-21(18)22)12-23(30)31/h3-9,15-17H,10-14H2,1-2H3,(H,30,31)/t15-,16+,17-/m0/s1. The number of hydrogen-bond acceptors (Lipinski definition) is 5. The summed E-state index contributed by atoms with van der Waals surface area (Å²) in [6.45, 7) is 4.33. The molecule has 3 atom stereocenters. The SMILES string of the molecule is C[C@@H]1CN(c2ccc(OC(F)(F)F)cc2)C[C@H](C)N1S(=O)(=O)c1cccc2c1C[C@@H](CC(=O)O)C2. The molecule has 0 unspecified atom stereocenters. The third kappa shape index (κ3) is 5.40. The number of benzene rings is 2. The van der Waals surface area contributed by atoms with Crippen molar-refractivity contribution in [2.24, 2.45) is 5.92 Å². The average molecular weight is 513 g/mol. The summed E-state index contributed by atoms with van der Waals surface area (Å²) >= 11 is 0. The van der Waals surface area contributed by atoms with Crippen molar-refractivity contribution in [3.05, 3.63) is 53.6 Å². The molecule has 1 aliphatic heterocycles. The number of sulfonamides is 1. The summed E-state index contributed by atoms with van der Waals surface area (Å²) in [6.07, 6.45) is -3.83. The maximum Gasteiger partial charge on any atom is 0.573 e. The van der Waals surface area contributed by atoms with Crippen molar-refractivity contribution < 1.29 is 36.2 Å². The summed E-state index contributed by atoms with van der Waals surface area (Å²) in [6, 6.07) is 9.86. The summed E-state index contributed by atoms with van der Waals surface area (Å²) < 4.78 is 70.3. The van der Waals surface area contributed by atoms with Gasteiger partial charge in [-0.25, -0.2) is 8.42 Å². The van der Waals surface area contributed by atoms with Crippen molar-refractivity contribution in [2.75, 3.05) is 18.0 Å². The lowest BCUT2D eigenvalue weighted by Crippen LogP contribution is -2.58. The molecule has 0 aromatic heterocycles.